The van der Waals surface area contributed by atoms with E-state index >= 15 is 0 Å². The minimum Gasteiger partial charge on any atom is -0.301 e. The maximum absolute atomic E-state index is 8.30. The quantitative estimate of drug-likeness (QED) is 0.594. The van der Waals surface area contributed by atoms with Gasteiger partial charge in [-0.15, -0.1) is 0 Å². The Kier molecular flexibility index (Phi) is 2.70. The highest BCUT2D eigenvalue weighted by Crippen LogP contribution is 2.33. The van der Waals surface area contributed by atoms with Gasteiger partial charge in [0.05, 0.1) is 12.6 Å². The number of hydrogen-bond acceptors (Lipinski definition) is 2. The Morgan fingerprint density at radius 1 is 1.70 bits per heavy atom. The Labute approximate surface area is 62.2 Å². The zero-order valence-corrected chi connectivity index (χ0v) is 6.43. The van der Waals surface area contributed by atoms with Gasteiger partial charge in [-0.3, -0.25) is 0 Å². The summed E-state index contributed by atoms with van der Waals surface area (Å²) in [5, 5.41) is 11.5. The largest absolute Gasteiger partial charge is 0.301 e. The SMILES string of the molecule is CC[C@@H](NCC#N)C1CC1. The summed E-state index contributed by atoms with van der Waals surface area (Å²) in [6.45, 7) is 2.68. The van der Waals surface area contributed by atoms with Gasteiger partial charge in [0.1, 0.15) is 0 Å². The molecule has 0 spiro atoms. The minimum atomic E-state index is 0.509. The fraction of sp³-hybridized carbons (Fsp3) is 0.875. The first kappa shape index (κ1) is 7.56. The fourth-order valence-electron chi connectivity index (χ4n) is 1.32. The van der Waals surface area contributed by atoms with Crippen LogP contribution >= 0.6 is 0 Å². The zero-order chi connectivity index (χ0) is 7.40. The van der Waals surface area contributed by atoms with Gasteiger partial charge in [0, 0.05) is 6.04 Å². The number of hydrogen-bond donors (Lipinski definition) is 1. The normalized spacial score (nSPS) is 20.0. The number of nitrogens with zero attached hydrogens (tertiary/aromatic N) is 1. The van der Waals surface area contributed by atoms with Gasteiger partial charge in [-0.25, -0.2) is 0 Å². The Balaban J connectivity index is 2.14. The Hall–Kier alpha value is -0.550. The molecule has 1 saturated carbocycles. The van der Waals surface area contributed by atoms with Crippen molar-refractivity contribution in [3.8, 4) is 6.07 Å². The van der Waals surface area contributed by atoms with E-state index in [1.807, 2.05) is 0 Å². The lowest BCUT2D eigenvalue weighted by molar-refractivity contribution is 0.473. The first-order valence-corrected chi connectivity index (χ1v) is 3.98. The molecule has 0 aromatic rings. The van der Waals surface area contributed by atoms with Gasteiger partial charge in [0.2, 0.25) is 0 Å². The molecule has 0 amide bonds. The summed E-state index contributed by atoms with van der Waals surface area (Å²) in [5.41, 5.74) is 0. The lowest BCUT2D eigenvalue weighted by Gasteiger charge is -2.12. The van der Waals surface area contributed by atoms with Crippen LogP contribution in [0.1, 0.15) is 26.2 Å². The molecule has 1 fully saturated rings. The van der Waals surface area contributed by atoms with Gasteiger partial charge in [-0.05, 0) is 25.2 Å². The molecule has 0 aromatic heterocycles. The van der Waals surface area contributed by atoms with Crippen molar-refractivity contribution >= 4 is 0 Å². The van der Waals surface area contributed by atoms with Gasteiger partial charge in [-0.1, -0.05) is 6.92 Å². The first-order chi connectivity index (χ1) is 4.88. The zero-order valence-electron chi connectivity index (χ0n) is 6.43. The minimum absolute atomic E-state index is 0.509. The van der Waals surface area contributed by atoms with E-state index in [1.165, 1.54) is 12.8 Å². The summed E-state index contributed by atoms with van der Waals surface area (Å²) >= 11 is 0. The molecule has 2 nitrogen and oxygen atoms in total. The van der Waals surface area contributed by atoms with E-state index < -0.39 is 0 Å². The van der Waals surface area contributed by atoms with Crippen molar-refractivity contribution in [2.75, 3.05) is 6.54 Å². The second kappa shape index (κ2) is 3.58. The molecule has 2 heteroatoms. The molecule has 0 heterocycles. The summed E-state index contributed by atoms with van der Waals surface area (Å²) in [7, 11) is 0. The van der Waals surface area contributed by atoms with Crippen LogP contribution < -0.4 is 5.32 Å². The second-order valence-corrected chi connectivity index (χ2v) is 2.89. The predicted molar refractivity (Wildman–Crippen MR) is 40.4 cm³/mol. The van der Waals surface area contributed by atoms with E-state index in [1.54, 1.807) is 0 Å². The van der Waals surface area contributed by atoms with E-state index in [-0.39, 0.29) is 0 Å². The molecule has 1 rings (SSSR count). The molecule has 0 unspecified atom stereocenters. The van der Waals surface area contributed by atoms with E-state index in [4.69, 9.17) is 5.26 Å². The van der Waals surface area contributed by atoms with E-state index in [2.05, 4.69) is 18.3 Å². The van der Waals surface area contributed by atoms with Crippen LogP contribution in [0.5, 0.6) is 0 Å². The molecule has 56 valence electrons. The van der Waals surface area contributed by atoms with E-state index in [0.29, 0.717) is 12.6 Å². The van der Waals surface area contributed by atoms with Crippen LogP contribution in [0.2, 0.25) is 0 Å². The molecule has 0 radical (unpaired) electrons. The van der Waals surface area contributed by atoms with Crippen molar-refractivity contribution in [1.82, 2.24) is 5.32 Å². The van der Waals surface area contributed by atoms with Crippen LogP contribution in [0.25, 0.3) is 0 Å². The summed E-state index contributed by atoms with van der Waals surface area (Å²) in [6.07, 6.45) is 3.88. The Bertz CT molecular complexity index is 133. The summed E-state index contributed by atoms with van der Waals surface area (Å²) < 4.78 is 0. The number of rotatable bonds is 4. The van der Waals surface area contributed by atoms with Crippen LogP contribution in [-0.4, -0.2) is 12.6 Å². The molecule has 0 bridgehead atoms. The van der Waals surface area contributed by atoms with Gasteiger partial charge < -0.3 is 5.32 Å². The highest BCUT2D eigenvalue weighted by molar-refractivity contribution is 4.88. The van der Waals surface area contributed by atoms with Crippen LogP contribution in [0.4, 0.5) is 0 Å². The third-order valence-corrected chi connectivity index (χ3v) is 2.07. The standard InChI is InChI=1S/C8H14N2/c1-2-8(7-3-4-7)10-6-5-9/h7-8,10H,2-4,6H2,1H3/t8-/m1/s1. The van der Waals surface area contributed by atoms with Crippen molar-refractivity contribution in [2.45, 2.75) is 32.2 Å². The lowest BCUT2D eigenvalue weighted by atomic mass is 10.1. The van der Waals surface area contributed by atoms with Crippen molar-refractivity contribution < 1.29 is 0 Å². The molecule has 1 aliphatic rings. The van der Waals surface area contributed by atoms with Gasteiger partial charge in [0.25, 0.3) is 0 Å². The molecule has 0 aromatic carbocycles. The van der Waals surface area contributed by atoms with Gasteiger partial charge in [-0.2, -0.15) is 5.26 Å². The summed E-state index contributed by atoms with van der Waals surface area (Å²) in [4.78, 5) is 0. The molecule has 1 aliphatic carbocycles. The Morgan fingerprint density at radius 3 is 2.80 bits per heavy atom. The summed E-state index contributed by atoms with van der Waals surface area (Å²) in [6, 6.07) is 2.71. The Morgan fingerprint density at radius 2 is 2.40 bits per heavy atom. The monoisotopic (exact) mass is 138 g/mol. The highest BCUT2D eigenvalue weighted by Gasteiger charge is 2.29. The second-order valence-electron chi connectivity index (χ2n) is 2.89. The lowest BCUT2D eigenvalue weighted by Crippen LogP contribution is -2.30. The molecular formula is C8H14N2. The molecular weight excluding hydrogens is 124 g/mol. The number of nitrogens with one attached hydrogen (secondary N) is 1. The third-order valence-electron chi connectivity index (χ3n) is 2.07. The smallest absolute Gasteiger partial charge is 0.0843 e. The number of nitriles is 1. The maximum Gasteiger partial charge on any atom is 0.0843 e. The topological polar surface area (TPSA) is 35.8 Å². The molecule has 0 aliphatic heterocycles. The molecule has 1 atom stereocenters. The highest BCUT2D eigenvalue weighted by atomic mass is 14.9. The maximum atomic E-state index is 8.30. The van der Waals surface area contributed by atoms with Crippen LogP contribution in [-0.2, 0) is 0 Å². The van der Waals surface area contributed by atoms with Gasteiger partial charge in [0.15, 0.2) is 0 Å². The molecule has 1 N–H and O–H groups in total. The van der Waals surface area contributed by atoms with Crippen LogP contribution in [0.3, 0.4) is 0 Å². The van der Waals surface area contributed by atoms with E-state index in [0.717, 1.165) is 12.3 Å². The van der Waals surface area contributed by atoms with Crippen LogP contribution in [0.15, 0.2) is 0 Å². The fourth-order valence-corrected chi connectivity index (χ4v) is 1.32. The third kappa shape index (κ3) is 2.00. The van der Waals surface area contributed by atoms with Crippen molar-refractivity contribution in [1.29, 1.82) is 5.26 Å². The van der Waals surface area contributed by atoms with Crippen molar-refractivity contribution in [2.24, 2.45) is 5.92 Å². The average molecular weight is 138 g/mol. The molecule has 10 heavy (non-hydrogen) atoms. The average Bonchev–Trinajstić information content (AvgIpc) is 2.73. The summed E-state index contributed by atoms with van der Waals surface area (Å²) in [5.74, 6) is 0.873. The van der Waals surface area contributed by atoms with Crippen molar-refractivity contribution in [3.63, 3.8) is 0 Å². The molecule has 0 saturated heterocycles. The van der Waals surface area contributed by atoms with Gasteiger partial charge >= 0.3 is 0 Å². The van der Waals surface area contributed by atoms with E-state index in [9.17, 15) is 0 Å². The van der Waals surface area contributed by atoms with Crippen LogP contribution in [0, 0.1) is 17.2 Å². The van der Waals surface area contributed by atoms with Crippen molar-refractivity contribution in [3.05, 3.63) is 0 Å². The predicted octanol–water partition coefficient (Wildman–Crippen LogP) is 1.29. The first-order valence-electron chi connectivity index (χ1n) is 3.98.